The van der Waals surface area contributed by atoms with Crippen LogP contribution in [-0.2, 0) is 4.79 Å². The lowest BCUT2D eigenvalue weighted by molar-refractivity contribution is -0.115. The van der Waals surface area contributed by atoms with Crippen LogP contribution in [0.15, 0.2) is 46.0 Å². The molecule has 0 spiro atoms. The number of nitrogens with one attached hydrogen (secondary N) is 1. The molecule has 0 radical (unpaired) electrons. The van der Waals surface area contributed by atoms with Crippen LogP contribution in [-0.4, -0.2) is 44.7 Å². The van der Waals surface area contributed by atoms with Crippen LogP contribution in [0.2, 0.25) is 0 Å². The Morgan fingerprint density at radius 3 is 2.64 bits per heavy atom. The van der Waals surface area contributed by atoms with Crippen LogP contribution in [0.1, 0.15) is 18.1 Å². The fourth-order valence-corrected chi connectivity index (χ4v) is 4.66. The molecule has 1 amide bonds. The molecule has 1 N–H and O–H groups in total. The number of carbonyl (C=O) groups excluding carboxylic acids is 1. The number of thioether (sulfide) groups is 1. The fraction of sp³-hybridized carbons (Fsp3) is 0.280. The maximum absolute atomic E-state index is 12.6. The summed E-state index contributed by atoms with van der Waals surface area (Å²) in [6, 6.07) is 7.62. The standard InChI is InChI=1S/C25H26N2O5S/c1-14(10-22(28)27-25-26-8-9-33-25)17-12-19-20(13-32-24(19)15(2)23(17)31-5)18-11-16(29-3)6-7-21(18)30-4/h6-7,10-13H,8-9H2,1-5H3,(H,26,27,28)/b14-10+. The molecule has 2 aromatic carbocycles. The number of amidine groups is 1. The van der Waals surface area contributed by atoms with Crippen LogP contribution in [0.25, 0.3) is 27.7 Å². The molecule has 1 aliphatic rings. The van der Waals surface area contributed by atoms with Crippen molar-refractivity contribution in [1.82, 2.24) is 5.32 Å². The second-order valence-electron chi connectivity index (χ2n) is 7.53. The van der Waals surface area contributed by atoms with Crippen molar-refractivity contribution in [3.05, 3.63) is 47.7 Å². The minimum Gasteiger partial charge on any atom is -0.497 e. The van der Waals surface area contributed by atoms with E-state index >= 15 is 0 Å². The molecular weight excluding hydrogens is 440 g/mol. The maximum Gasteiger partial charge on any atom is 0.250 e. The third-order valence-corrected chi connectivity index (χ3v) is 6.42. The number of aliphatic imine (C=N–C) groups is 1. The van der Waals surface area contributed by atoms with Gasteiger partial charge in [0, 0.05) is 39.5 Å². The van der Waals surface area contributed by atoms with Gasteiger partial charge in [-0.15, -0.1) is 0 Å². The molecule has 0 saturated heterocycles. The number of hydrogen-bond acceptors (Lipinski definition) is 7. The highest BCUT2D eigenvalue weighted by atomic mass is 32.2. The van der Waals surface area contributed by atoms with Gasteiger partial charge >= 0.3 is 0 Å². The molecular formula is C25H26N2O5S. The van der Waals surface area contributed by atoms with Crippen LogP contribution in [0.3, 0.4) is 0 Å². The van der Waals surface area contributed by atoms with E-state index in [9.17, 15) is 4.79 Å². The molecule has 0 aliphatic carbocycles. The van der Waals surface area contributed by atoms with Gasteiger partial charge in [0.25, 0.3) is 0 Å². The van der Waals surface area contributed by atoms with Gasteiger partial charge in [-0.3, -0.25) is 9.79 Å². The smallest absolute Gasteiger partial charge is 0.250 e. The molecule has 4 rings (SSSR count). The average molecular weight is 467 g/mol. The number of amides is 1. The molecule has 0 fully saturated rings. The number of ether oxygens (including phenoxy) is 3. The van der Waals surface area contributed by atoms with E-state index in [-0.39, 0.29) is 5.91 Å². The van der Waals surface area contributed by atoms with E-state index in [1.54, 1.807) is 45.4 Å². The topological polar surface area (TPSA) is 82.3 Å². The molecule has 3 aromatic rings. The molecule has 33 heavy (non-hydrogen) atoms. The molecule has 1 aliphatic heterocycles. The van der Waals surface area contributed by atoms with Crippen LogP contribution >= 0.6 is 11.8 Å². The van der Waals surface area contributed by atoms with Gasteiger partial charge in [-0.05, 0) is 43.7 Å². The molecule has 8 heteroatoms. The van der Waals surface area contributed by atoms with Gasteiger partial charge < -0.3 is 23.9 Å². The SMILES string of the molecule is COc1ccc(OC)c(-c2coc3c(C)c(OC)c(/C(C)=C/C(=O)NC4=NCCS4)cc23)c1. The molecule has 0 bridgehead atoms. The first-order valence-corrected chi connectivity index (χ1v) is 11.4. The van der Waals surface area contributed by atoms with Crippen molar-refractivity contribution < 1.29 is 23.4 Å². The Morgan fingerprint density at radius 1 is 1.15 bits per heavy atom. The van der Waals surface area contributed by atoms with Crippen molar-refractivity contribution in [2.45, 2.75) is 13.8 Å². The minimum atomic E-state index is -0.220. The number of allylic oxidation sites excluding steroid dienone is 1. The summed E-state index contributed by atoms with van der Waals surface area (Å²) < 4.78 is 22.7. The Labute approximate surface area is 196 Å². The second-order valence-corrected chi connectivity index (χ2v) is 8.61. The van der Waals surface area contributed by atoms with Gasteiger partial charge in [0.1, 0.15) is 22.8 Å². The Balaban J connectivity index is 1.83. The highest BCUT2D eigenvalue weighted by molar-refractivity contribution is 8.14. The number of hydrogen-bond donors (Lipinski definition) is 1. The van der Waals surface area contributed by atoms with E-state index in [4.69, 9.17) is 18.6 Å². The van der Waals surface area contributed by atoms with Crippen LogP contribution in [0, 0.1) is 6.92 Å². The Kier molecular flexibility index (Phi) is 6.65. The van der Waals surface area contributed by atoms with Crippen LogP contribution in [0.5, 0.6) is 17.2 Å². The van der Waals surface area contributed by atoms with Crippen molar-refractivity contribution in [2.24, 2.45) is 4.99 Å². The van der Waals surface area contributed by atoms with Gasteiger partial charge in [-0.2, -0.15) is 0 Å². The number of rotatable bonds is 6. The predicted octanol–water partition coefficient (Wildman–Crippen LogP) is 5.06. The maximum atomic E-state index is 12.6. The van der Waals surface area contributed by atoms with Gasteiger partial charge in [0.15, 0.2) is 5.17 Å². The van der Waals surface area contributed by atoms with E-state index in [0.29, 0.717) is 28.0 Å². The summed E-state index contributed by atoms with van der Waals surface area (Å²) in [6.45, 7) is 4.56. The zero-order chi connectivity index (χ0) is 23.5. The summed E-state index contributed by atoms with van der Waals surface area (Å²) in [7, 11) is 4.87. The average Bonchev–Trinajstić information content (AvgIpc) is 3.48. The summed E-state index contributed by atoms with van der Waals surface area (Å²) in [6.07, 6.45) is 3.27. The fourth-order valence-electron chi connectivity index (χ4n) is 3.93. The minimum absolute atomic E-state index is 0.220. The number of carbonyl (C=O) groups is 1. The van der Waals surface area contributed by atoms with E-state index < -0.39 is 0 Å². The Bertz CT molecular complexity index is 1280. The first-order valence-electron chi connectivity index (χ1n) is 10.4. The second kappa shape index (κ2) is 9.62. The summed E-state index contributed by atoms with van der Waals surface area (Å²) in [5.74, 6) is 2.75. The van der Waals surface area contributed by atoms with Gasteiger partial charge in [-0.1, -0.05) is 11.8 Å². The summed E-state index contributed by atoms with van der Waals surface area (Å²) in [5.41, 5.74) is 4.85. The predicted molar refractivity (Wildman–Crippen MR) is 133 cm³/mol. The first-order chi connectivity index (χ1) is 16.0. The van der Waals surface area contributed by atoms with Gasteiger partial charge in [0.2, 0.25) is 5.91 Å². The van der Waals surface area contributed by atoms with Crippen molar-refractivity contribution in [3.63, 3.8) is 0 Å². The van der Waals surface area contributed by atoms with E-state index in [1.165, 1.54) is 0 Å². The van der Waals surface area contributed by atoms with Crippen LogP contribution in [0.4, 0.5) is 0 Å². The number of methoxy groups -OCH3 is 3. The normalized spacial score (nSPS) is 13.7. The van der Waals surface area contributed by atoms with E-state index in [1.807, 2.05) is 38.1 Å². The quantitative estimate of drug-likeness (QED) is 0.512. The van der Waals surface area contributed by atoms with E-state index in [0.717, 1.165) is 45.5 Å². The lowest BCUT2D eigenvalue weighted by Gasteiger charge is -2.14. The molecule has 0 saturated carbocycles. The van der Waals surface area contributed by atoms with E-state index in [2.05, 4.69) is 10.3 Å². The monoisotopic (exact) mass is 466 g/mol. The lowest BCUT2D eigenvalue weighted by Crippen LogP contribution is -2.25. The number of fused-ring (bicyclic) bond motifs is 1. The molecule has 2 heterocycles. The molecule has 7 nitrogen and oxygen atoms in total. The number of nitrogens with zero attached hydrogens (tertiary/aromatic N) is 1. The molecule has 172 valence electrons. The molecule has 1 aromatic heterocycles. The van der Waals surface area contributed by atoms with Crippen molar-refractivity contribution >= 4 is 39.4 Å². The largest absolute Gasteiger partial charge is 0.497 e. The first kappa shape index (κ1) is 22.8. The highest BCUT2D eigenvalue weighted by Gasteiger charge is 2.21. The Morgan fingerprint density at radius 2 is 1.97 bits per heavy atom. The third kappa shape index (κ3) is 4.43. The van der Waals surface area contributed by atoms with Gasteiger partial charge in [-0.25, -0.2) is 0 Å². The summed E-state index contributed by atoms with van der Waals surface area (Å²) >= 11 is 1.54. The number of aryl methyl sites for hydroxylation is 1. The summed E-state index contributed by atoms with van der Waals surface area (Å²) in [4.78, 5) is 16.8. The summed E-state index contributed by atoms with van der Waals surface area (Å²) in [5, 5.41) is 4.38. The number of benzene rings is 2. The highest BCUT2D eigenvalue weighted by Crippen LogP contribution is 2.43. The zero-order valence-electron chi connectivity index (χ0n) is 19.3. The third-order valence-electron chi connectivity index (χ3n) is 5.53. The van der Waals surface area contributed by atoms with Crippen molar-refractivity contribution in [3.8, 4) is 28.4 Å². The van der Waals surface area contributed by atoms with Crippen molar-refractivity contribution in [1.29, 1.82) is 0 Å². The molecule has 0 atom stereocenters. The zero-order valence-corrected chi connectivity index (χ0v) is 20.1. The van der Waals surface area contributed by atoms with Gasteiger partial charge in [0.05, 0.1) is 34.1 Å². The van der Waals surface area contributed by atoms with Crippen LogP contribution < -0.4 is 19.5 Å². The van der Waals surface area contributed by atoms with Crippen molar-refractivity contribution in [2.75, 3.05) is 33.6 Å². The number of furan rings is 1. The molecule has 0 unspecified atom stereocenters. The Hall–Kier alpha value is -3.39. The lowest BCUT2D eigenvalue weighted by atomic mass is 9.96.